The van der Waals surface area contributed by atoms with Crippen LogP contribution >= 0.6 is 0 Å². The van der Waals surface area contributed by atoms with Crippen LogP contribution in [0.25, 0.3) is 10.9 Å². The third kappa shape index (κ3) is 2.24. The highest BCUT2D eigenvalue weighted by Crippen LogP contribution is 2.31. The fourth-order valence-electron chi connectivity index (χ4n) is 2.96. The number of nitrogens with two attached hydrogens (primary N) is 1. The van der Waals surface area contributed by atoms with E-state index in [0.717, 1.165) is 23.9 Å². The summed E-state index contributed by atoms with van der Waals surface area (Å²) in [4.78, 5) is 14.2. The maximum atomic E-state index is 10.7. The summed E-state index contributed by atoms with van der Waals surface area (Å²) in [6.45, 7) is 0. The summed E-state index contributed by atoms with van der Waals surface area (Å²) >= 11 is 0. The van der Waals surface area contributed by atoms with Gasteiger partial charge in [0, 0.05) is 22.6 Å². The second-order valence-corrected chi connectivity index (χ2v) is 5.30. The van der Waals surface area contributed by atoms with Crippen molar-refractivity contribution in [1.29, 1.82) is 0 Å². The fraction of sp³-hybridized carbons (Fsp3) is 0.400. The summed E-state index contributed by atoms with van der Waals surface area (Å²) in [5, 5.41) is 10.0. The van der Waals surface area contributed by atoms with E-state index in [4.69, 9.17) is 10.8 Å². The number of H-pyrrole nitrogens is 1. The lowest BCUT2D eigenvalue weighted by molar-refractivity contribution is -0.137. The molecular weight excluding hydrogens is 240 g/mol. The molecule has 4 heteroatoms. The lowest BCUT2D eigenvalue weighted by atomic mass is 9.94. The Morgan fingerprint density at radius 2 is 2.16 bits per heavy atom. The molecule has 0 radical (unpaired) electrons. The smallest absolute Gasteiger partial charge is 0.305 e. The van der Waals surface area contributed by atoms with Gasteiger partial charge in [-0.1, -0.05) is 6.07 Å². The average Bonchev–Trinajstić information content (AvgIpc) is 2.75. The first kappa shape index (κ1) is 12.2. The molecule has 100 valence electrons. The number of hydrogen-bond acceptors (Lipinski definition) is 2. The summed E-state index contributed by atoms with van der Waals surface area (Å²) in [5.74, 6) is -0.858. The van der Waals surface area contributed by atoms with Crippen LogP contribution in [0.1, 0.15) is 42.1 Å². The molecule has 0 aliphatic heterocycles. The minimum Gasteiger partial charge on any atom is -0.481 e. The second kappa shape index (κ2) is 4.70. The van der Waals surface area contributed by atoms with Crippen molar-refractivity contribution in [1.82, 2.24) is 4.98 Å². The normalized spacial score (nSPS) is 16.3. The van der Waals surface area contributed by atoms with Crippen LogP contribution in [0.15, 0.2) is 18.2 Å². The minimum absolute atomic E-state index is 0.0296. The molecule has 19 heavy (non-hydrogen) atoms. The van der Waals surface area contributed by atoms with Crippen molar-refractivity contribution in [3.05, 3.63) is 35.0 Å². The first-order valence-corrected chi connectivity index (χ1v) is 6.76. The predicted octanol–water partition coefficient (Wildman–Crippen LogP) is 2.52. The Bertz CT molecular complexity index is 630. The van der Waals surface area contributed by atoms with E-state index in [9.17, 15) is 4.79 Å². The Morgan fingerprint density at radius 1 is 1.37 bits per heavy atom. The second-order valence-electron chi connectivity index (χ2n) is 5.30. The number of aromatic nitrogens is 1. The van der Waals surface area contributed by atoms with Crippen LogP contribution in [0, 0.1) is 0 Å². The van der Waals surface area contributed by atoms with Crippen LogP contribution in [0.5, 0.6) is 0 Å². The molecule has 4 nitrogen and oxygen atoms in total. The fourth-order valence-corrected chi connectivity index (χ4v) is 2.96. The maximum absolute atomic E-state index is 10.7. The van der Waals surface area contributed by atoms with Gasteiger partial charge in [0.25, 0.3) is 0 Å². The predicted molar refractivity (Wildman–Crippen MR) is 74.1 cm³/mol. The molecule has 0 spiro atoms. The van der Waals surface area contributed by atoms with E-state index >= 15 is 0 Å². The van der Waals surface area contributed by atoms with Crippen LogP contribution in [-0.2, 0) is 17.6 Å². The van der Waals surface area contributed by atoms with E-state index in [-0.39, 0.29) is 6.42 Å². The summed E-state index contributed by atoms with van der Waals surface area (Å²) < 4.78 is 0. The van der Waals surface area contributed by atoms with E-state index < -0.39 is 12.0 Å². The molecule has 1 aromatic heterocycles. The van der Waals surface area contributed by atoms with Gasteiger partial charge < -0.3 is 15.8 Å². The molecule has 4 N–H and O–H groups in total. The molecular formula is C15H18N2O2. The number of rotatable bonds is 3. The number of carboxylic acids is 1. The number of aliphatic carboxylic acids is 1. The molecule has 1 heterocycles. The van der Waals surface area contributed by atoms with Crippen LogP contribution in [0.3, 0.4) is 0 Å². The molecule has 3 rings (SSSR count). The topological polar surface area (TPSA) is 79.1 Å². The molecule has 2 aromatic rings. The maximum Gasteiger partial charge on any atom is 0.305 e. The van der Waals surface area contributed by atoms with Crippen molar-refractivity contribution in [2.24, 2.45) is 5.73 Å². The molecule has 1 aliphatic rings. The number of fused-ring (bicyclic) bond motifs is 3. The molecule has 0 saturated heterocycles. The average molecular weight is 258 g/mol. The summed E-state index contributed by atoms with van der Waals surface area (Å²) in [6, 6.07) is 5.57. The van der Waals surface area contributed by atoms with Crippen molar-refractivity contribution < 1.29 is 9.90 Å². The first-order valence-electron chi connectivity index (χ1n) is 6.76. The quantitative estimate of drug-likeness (QED) is 0.791. The number of aromatic amines is 1. The Kier molecular flexibility index (Phi) is 3.03. The molecule has 0 fully saturated rings. The van der Waals surface area contributed by atoms with Gasteiger partial charge in [0.05, 0.1) is 6.42 Å². The van der Waals surface area contributed by atoms with Gasteiger partial charge in [-0.05, 0) is 48.9 Å². The van der Waals surface area contributed by atoms with E-state index in [2.05, 4.69) is 11.1 Å². The van der Waals surface area contributed by atoms with Gasteiger partial charge in [0.1, 0.15) is 0 Å². The van der Waals surface area contributed by atoms with Crippen LogP contribution in [-0.4, -0.2) is 16.1 Å². The lowest BCUT2D eigenvalue weighted by Gasteiger charge is -2.12. The van der Waals surface area contributed by atoms with Gasteiger partial charge in [0.2, 0.25) is 0 Å². The van der Waals surface area contributed by atoms with Crippen molar-refractivity contribution in [3.63, 3.8) is 0 Å². The molecule has 1 unspecified atom stereocenters. The zero-order valence-electron chi connectivity index (χ0n) is 10.8. The first-order chi connectivity index (χ1) is 9.15. The van der Waals surface area contributed by atoms with Crippen molar-refractivity contribution in [2.75, 3.05) is 0 Å². The van der Waals surface area contributed by atoms with E-state index in [1.165, 1.54) is 29.5 Å². The number of carboxylic acid groups (broad SMARTS) is 1. The number of hydrogen-bond donors (Lipinski definition) is 3. The van der Waals surface area contributed by atoms with Gasteiger partial charge >= 0.3 is 5.97 Å². The molecule has 1 aromatic carbocycles. The third-order valence-corrected chi connectivity index (χ3v) is 3.94. The van der Waals surface area contributed by atoms with Gasteiger partial charge in [-0.3, -0.25) is 4.79 Å². The highest BCUT2D eigenvalue weighted by molar-refractivity contribution is 5.86. The molecule has 1 atom stereocenters. The van der Waals surface area contributed by atoms with Gasteiger partial charge in [-0.2, -0.15) is 0 Å². The van der Waals surface area contributed by atoms with E-state index in [1.54, 1.807) is 0 Å². The zero-order chi connectivity index (χ0) is 13.4. The van der Waals surface area contributed by atoms with Crippen LogP contribution in [0.2, 0.25) is 0 Å². The largest absolute Gasteiger partial charge is 0.481 e. The minimum atomic E-state index is -0.858. The number of benzene rings is 1. The van der Waals surface area contributed by atoms with Gasteiger partial charge in [-0.25, -0.2) is 0 Å². The highest BCUT2D eigenvalue weighted by atomic mass is 16.4. The molecule has 0 saturated carbocycles. The lowest BCUT2D eigenvalue weighted by Crippen LogP contribution is -2.14. The van der Waals surface area contributed by atoms with Crippen LogP contribution < -0.4 is 5.73 Å². The Balaban J connectivity index is 2.02. The summed E-state index contributed by atoms with van der Waals surface area (Å²) in [6.07, 6.45) is 4.65. The molecule has 0 amide bonds. The van der Waals surface area contributed by atoms with Gasteiger partial charge in [0.15, 0.2) is 0 Å². The monoisotopic (exact) mass is 258 g/mol. The Morgan fingerprint density at radius 3 is 2.95 bits per heavy atom. The number of aryl methyl sites for hydroxylation is 2. The molecule has 0 bridgehead atoms. The van der Waals surface area contributed by atoms with E-state index in [0.29, 0.717) is 0 Å². The summed E-state index contributed by atoms with van der Waals surface area (Å²) in [5.41, 5.74) is 10.7. The zero-order valence-corrected chi connectivity index (χ0v) is 10.8. The van der Waals surface area contributed by atoms with Crippen molar-refractivity contribution in [3.8, 4) is 0 Å². The summed E-state index contributed by atoms with van der Waals surface area (Å²) in [7, 11) is 0. The van der Waals surface area contributed by atoms with Crippen molar-refractivity contribution in [2.45, 2.75) is 38.1 Å². The van der Waals surface area contributed by atoms with Crippen molar-refractivity contribution >= 4 is 16.9 Å². The SMILES string of the molecule is NC(CC(=O)O)c1ccc2[nH]c3c(c2c1)CCCC3. The third-order valence-electron chi connectivity index (χ3n) is 3.94. The highest BCUT2D eigenvalue weighted by Gasteiger charge is 2.17. The number of nitrogens with one attached hydrogen (secondary N) is 1. The standard InChI is InChI=1S/C15H18N2O2/c16-12(8-15(18)19)9-5-6-14-11(7-9)10-3-1-2-4-13(10)17-14/h5-7,12,17H,1-4,8,16H2,(H,18,19). The van der Waals surface area contributed by atoms with E-state index in [1.807, 2.05) is 12.1 Å². The van der Waals surface area contributed by atoms with Gasteiger partial charge in [-0.15, -0.1) is 0 Å². The Labute approximate surface area is 111 Å². The molecule has 1 aliphatic carbocycles. The van der Waals surface area contributed by atoms with Crippen LogP contribution in [0.4, 0.5) is 0 Å². The Hall–Kier alpha value is -1.81. The number of carbonyl (C=O) groups is 1.